The van der Waals surface area contributed by atoms with Gasteiger partial charge in [-0.25, -0.2) is 0 Å². The van der Waals surface area contributed by atoms with Crippen molar-refractivity contribution in [3.05, 3.63) is 0 Å². The number of carbonyl (C=O) groups excluding carboxylic acids is 3. The van der Waals surface area contributed by atoms with E-state index in [0.717, 1.165) is 24.3 Å². The molecule has 3 amide bonds. The number of hydrogen-bond donors (Lipinski definition) is 3. The summed E-state index contributed by atoms with van der Waals surface area (Å²) in [4.78, 5) is 40.2. The summed E-state index contributed by atoms with van der Waals surface area (Å²) in [5.74, 6) is 0.992. The number of likely N-dealkylation sites (N-methyl/N-ethyl adjacent to an activating group) is 2. The Balaban J connectivity index is 5.37. The van der Waals surface area contributed by atoms with Crippen LogP contribution < -0.4 is 5.73 Å². The standard InChI is InChI=1S/C19H37N3O4S2/c1-6-9-16(23)21(4)15(13-28-11-8-7-10-27)18(25)22(5)14(17(20)24)12-19(2,3)26/h14-15,26-27H,6-13H2,1-5H3,(H2,20,24)/t14-,15+/m0/s1. The lowest BCUT2D eigenvalue weighted by Crippen LogP contribution is -2.56. The van der Waals surface area contributed by atoms with Gasteiger partial charge in [0.05, 0.1) is 5.60 Å². The Morgan fingerprint density at radius 2 is 1.75 bits per heavy atom. The van der Waals surface area contributed by atoms with Crippen molar-refractivity contribution >= 4 is 42.1 Å². The maximum Gasteiger partial charge on any atom is 0.246 e. The Morgan fingerprint density at radius 3 is 2.21 bits per heavy atom. The number of nitrogens with two attached hydrogens (primary N) is 1. The molecule has 28 heavy (non-hydrogen) atoms. The van der Waals surface area contributed by atoms with Crippen LogP contribution in [0, 0.1) is 0 Å². The zero-order valence-corrected chi connectivity index (χ0v) is 19.5. The number of thioether (sulfide) groups is 1. The van der Waals surface area contributed by atoms with Crippen molar-refractivity contribution in [1.82, 2.24) is 9.80 Å². The number of thiol groups is 1. The Hall–Kier alpha value is -0.930. The van der Waals surface area contributed by atoms with Crippen LogP contribution in [-0.2, 0) is 14.4 Å². The molecule has 2 atom stereocenters. The van der Waals surface area contributed by atoms with Crippen LogP contribution in [0.1, 0.15) is 52.9 Å². The van der Waals surface area contributed by atoms with Crippen molar-refractivity contribution in [2.45, 2.75) is 70.6 Å². The van der Waals surface area contributed by atoms with Crippen LogP contribution in [0.15, 0.2) is 0 Å². The lowest BCUT2D eigenvalue weighted by Gasteiger charge is -2.35. The molecule has 0 aromatic carbocycles. The average Bonchev–Trinajstić information content (AvgIpc) is 2.60. The number of rotatable bonds is 14. The zero-order valence-electron chi connectivity index (χ0n) is 17.8. The lowest BCUT2D eigenvalue weighted by molar-refractivity contribution is -0.147. The van der Waals surface area contributed by atoms with Gasteiger partial charge in [-0.05, 0) is 44.6 Å². The van der Waals surface area contributed by atoms with Gasteiger partial charge < -0.3 is 20.6 Å². The predicted molar refractivity (Wildman–Crippen MR) is 119 cm³/mol. The second-order valence-electron chi connectivity index (χ2n) is 7.66. The fourth-order valence-electron chi connectivity index (χ4n) is 2.71. The van der Waals surface area contributed by atoms with E-state index in [4.69, 9.17) is 5.73 Å². The molecule has 0 rings (SSSR count). The maximum atomic E-state index is 13.2. The van der Waals surface area contributed by atoms with Crippen molar-refractivity contribution in [3.63, 3.8) is 0 Å². The molecule has 0 saturated heterocycles. The van der Waals surface area contributed by atoms with Gasteiger partial charge in [0.15, 0.2) is 0 Å². The summed E-state index contributed by atoms with van der Waals surface area (Å²) in [5, 5.41) is 10.1. The van der Waals surface area contributed by atoms with E-state index in [9.17, 15) is 19.5 Å². The number of primary amides is 1. The summed E-state index contributed by atoms with van der Waals surface area (Å²) in [6, 6.07) is -1.63. The number of amides is 3. The number of aliphatic hydroxyl groups is 1. The first-order chi connectivity index (χ1) is 13.0. The van der Waals surface area contributed by atoms with Crippen LogP contribution in [0.25, 0.3) is 0 Å². The average molecular weight is 436 g/mol. The van der Waals surface area contributed by atoms with Gasteiger partial charge in [0.25, 0.3) is 0 Å². The van der Waals surface area contributed by atoms with Crippen LogP contribution in [0.4, 0.5) is 0 Å². The first-order valence-corrected chi connectivity index (χ1v) is 11.5. The zero-order chi connectivity index (χ0) is 21.9. The Labute approximate surface area is 179 Å². The van der Waals surface area contributed by atoms with E-state index in [1.165, 1.54) is 16.8 Å². The molecular weight excluding hydrogens is 398 g/mol. The van der Waals surface area contributed by atoms with E-state index in [0.29, 0.717) is 18.6 Å². The highest BCUT2D eigenvalue weighted by atomic mass is 32.2. The molecular formula is C19H37N3O4S2. The molecule has 3 N–H and O–H groups in total. The second kappa shape index (κ2) is 13.3. The Kier molecular flexibility index (Phi) is 12.9. The van der Waals surface area contributed by atoms with Crippen LogP contribution in [0.2, 0.25) is 0 Å². The van der Waals surface area contributed by atoms with Crippen LogP contribution in [0.5, 0.6) is 0 Å². The third-order valence-electron chi connectivity index (χ3n) is 4.42. The third-order valence-corrected chi connectivity index (χ3v) is 5.86. The molecule has 0 aliphatic heterocycles. The highest BCUT2D eigenvalue weighted by molar-refractivity contribution is 7.99. The van der Waals surface area contributed by atoms with Crippen molar-refractivity contribution < 1.29 is 19.5 Å². The van der Waals surface area contributed by atoms with Gasteiger partial charge >= 0.3 is 0 Å². The number of hydrogen-bond acceptors (Lipinski definition) is 6. The number of carbonyl (C=O) groups is 3. The first-order valence-electron chi connectivity index (χ1n) is 9.68. The highest BCUT2D eigenvalue weighted by Crippen LogP contribution is 2.19. The van der Waals surface area contributed by atoms with Crippen molar-refractivity contribution in [3.8, 4) is 0 Å². The molecule has 9 heteroatoms. The van der Waals surface area contributed by atoms with E-state index in [1.54, 1.807) is 32.7 Å². The first kappa shape index (κ1) is 27.1. The summed E-state index contributed by atoms with van der Waals surface area (Å²) in [6.07, 6.45) is 3.06. The minimum Gasteiger partial charge on any atom is -0.390 e. The van der Waals surface area contributed by atoms with Gasteiger partial charge in [-0.1, -0.05) is 6.92 Å². The molecule has 0 bridgehead atoms. The fourth-order valence-corrected chi connectivity index (χ4v) is 4.10. The normalized spacial score (nSPS) is 13.7. The molecule has 0 spiro atoms. The van der Waals surface area contributed by atoms with Gasteiger partial charge in [0.1, 0.15) is 12.1 Å². The molecule has 0 aliphatic carbocycles. The maximum absolute atomic E-state index is 13.2. The van der Waals surface area contributed by atoms with Gasteiger partial charge in [-0.15, -0.1) is 0 Å². The van der Waals surface area contributed by atoms with Crippen molar-refractivity contribution in [1.29, 1.82) is 0 Å². The van der Waals surface area contributed by atoms with E-state index < -0.39 is 23.6 Å². The molecule has 0 aliphatic rings. The summed E-state index contributed by atoms with van der Waals surface area (Å²) in [6.45, 7) is 5.03. The largest absolute Gasteiger partial charge is 0.390 e. The number of nitrogens with zero attached hydrogens (tertiary/aromatic N) is 2. The van der Waals surface area contributed by atoms with E-state index in [1.807, 2.05) is 6.92 Å². The minimum absolute atomic E-state index is 0.0268. The molecule has 164 valence electrons. The van der Waals surface area contributed by atoms with Gasteiger partial charge in [-0.3, -0.25) is 14.4 Å². The van der Waals surface area contributed by atoms with E-state index >= 15 is 0 Å². The van der Waals surface area contributed by atoms with E-state index in [-0.39, 0.29) is 18.2 Å². The summed E-state index contributed by atoms with van der Waals surface area (Å²) < 4.78 is 0. The Bertz CT molecular complexity index is 512. The molecule has 0 saturated carbocycles. The fraction of sp³-hybridized carbons (Fsp3) is 0.842. The molecule has 0 aromatic heterocycles. The van der Waals surface area contributed by atoms with Gasteiger partial charge in [0.2, 0.25) is 17.7 Å². The van der Waals surface area contributed by atoms with Gasteiger partial charge in [0, 0.05) is 32.7 Å². The molecule has 7 nitrogen and oxygen atoms in total. The number of unbranched alkanes of at least 4 members (excludes halogenated alkanes) is 1. The lowest BCUT2D eigenvalue weighted by atomic mass is 9.97. The highest BCUT2D eigenvalue weighted by Gasteiger charge is 2.36. The quantitative estimate of drug-likeness (QED) is 0.284. The predicted octanol–water partition coefficient (Wildman–Crippen LogP) is 1.53. The smallest absolute Gasteiger partial charge is 0.246 e. The second-order valence-corrected chi connectivity index (χ2v) is 9.26. The van der Waals surface area contributed by atoms with Crippen molar-refractivity contribution in [2.24, 2.45) is 5.73 Å². The monoisotopic (exact) mass is 435 g/mol. The van der Waals surface area contributed by atoms with Crippen molar-refractivity contribution in [2.75, 3.05) is 31.4 Å². The van der Waals surface area contributed by atoms with Crippen LogP contribution >= 0.6 is 24.4 Å². The van der Waals surface area contributed by atoms with Crippen LogP contribution in [0.3, 0.4) is 0 Å². The van der Waals surface area contributed by atoms with E-state index in [2.05, 4.69) is 12.6 Å². The SMILES string of the molecule is CCCC(=O)N(C)[C@H](CSCCCCS)C(=O)N(C)[C@@H](CC(C)(C)O)C(N)=O. The Morgan fingerprint density at radius 1 is 1.14 bits per heavy atom. The summed E-state index contributed by atoms with van der Waals surface area (Å²) in [7, 11) is 3.12. The van der Waals surface area contributed by atoms with Gasteiger partial charge in [-0.2, -0.15) is 24.4 Å². The van der Waals surface area contributed by atoms with Crippen LogP contribution in [-0.4, -0.2) is 81.7 Å². The molecule has 0 radical (unpaired) electrons. The molecule has 0 unspecified atom stereocenters. The minimum atomic E-state index is -1.16. The molecule has 0 heterocycles. The summed E-state index contributed by atoms with van der Waals surface area (Å²) in [5.41, 5.74) is 4.33. The molecule has 0 fully saturated rings. The molecule has 0 aromatic rings. The third kappa shape index (κ3) is 10.0. The summed E-state index contributed by atoms with van der Waals surface area (Å²) >= 11 is 5.80. The topological polar surface area (TPSA) is 104 Å².